The standard InChI is InChI=1S/C10H15BrN2O4S2/c1-13(5-6-18(2,14)15)19(16,17)8-3-4-9(11)10(12)7-8/h3-4,7H,5-6,12H2,1-2H3. The summed E-state index contributed by atoms with van der Waals surface area (Å²) < 4.78 is 48.0. The summed E-state index contributed by atoms with van der Waals surface area (Å²) in [6.45, 7) is -0.100. The van der Waals surface area contributed by atoms with Crippen molar-refractivity contribution in [2.45, 2.75) is 4.90 Å². The van der Waals surface area contributed by atoms with Gasteiger partial charge in [0.15, 0.2) is 0 Å². The van der Waals surface area contributed by atoms with Crippen molar-refractivity contribution in [1.29, 1.82) is 0 Å². The first-order valence-electron chi connectivity index (χ1n) is 5.23. The van der Waals surface area contributed by atoms with Crippen LogP contribution < -0.4 is 5.73 Å². The van der Waals surface area contributed by atoms with Crippen molar-refractivity contribution in [1.82, 2.24) is 4.31 Å². The minimum Gasteiger partial charge on any atom is -0.398 e. The molecular formula is C10H15BrN2O4S2. The molecular weight excluding hydrogens is 356 g/mol. The lowest BCUT2D eigenvalue weighted by Gasteiger charge is -2.17. The zero-order chi connectivity index (χ0) is 14.8. The zero-order valence-electron chi connectivity index (χ0n) is 10.5. The van der Waals surface area contributed by atoms with E-state index >= 15 is 0 Å². The van der Waals surface area contributed by atoms with Crippen LogP contribution in [0.15, 0.2) is 27.6 Å². The minimum atomic E-state index is -3.73. The van der Waals surface area contributed by atoms with Crippen LogP contribution in [-0.2, 0) is 19.9 Å². The van der Waals surface area contributed by atoms with Gasteiger partial charge < -0.3 is 5.73 Å². The van der Waals surface area contributed by atoms with Gasteiger partial charge in [0.25, 0.3) is 0 Å². The van der Waals surface area contributed by atoms with Crippen LogP contribution in [0.2, 0.25) is 0 Å². The van der Waals surface area contributed by atoms with Crippen molar-refractivity contribution in [3.8, 4) is 0 Å². The Kier molecular flexibility index (Phi) is 4.99. The minimum absolute atomic E-state index is 0.0317. The highest BCUT2D eigenvalue weighted by Gasteiger charge is 2.22. The number of nitrogens with zero attached hydrogens (tertiary/aromatic N) is 1. The van der Waals surface area contributed by atoms with Crippen molar-refractivity contribution in [2.75, 3.05) is 31.3 Å². The highest BCUT2D eigenvalue weighted by molar-refractivity contribution is 9.10. The van der Waals surface area contributed by atoms with Crippen LogP contribution in [0.25, 0.3) is 0 Å². The van der Waals surface area contributed by atoms with Gasteiger partial charge in [-0.2, -0.15) is 4.31 Å². The van der Waals surface area contributed by atoms with Crippen LogP contribution in [0.4, 0.5) is 5.69 Å². The first-order chi connectivity index (χ1) is 8.54. The molecule has 0 aliphatic heterocycles. The van der Waals surface area contributed by atoms with Gasteiger partial charge in [0.1, 0.15) is 9.84 Å². The Morgan fingerprint density at radius 3 is 2.32 bits per heavy atom. The average Bonchev–Trinajstić information content (AvgIpc) is 2.28. The van der Waals surface area contributed by atoms with Gasteiger partial charge in [0, 0.05) is 30.0 Å². The third-order valence-electron chi connectivity index (χ3n) is 2.45. The van der Waals surface area contributed by atoms with Crippen LogP contribution in [0.3, 0.4) is 0 Å². The van der Waals surface area contributed by atoms with Gasteiger partial charge in [-0.15, -0.1) is 0 Å². The molecule has 0 saturated carbocycles. The Bertz CT molecular complexity index is 671. The summed E-state index contributed by atoms with van der Waals surface area (Å²) >= 11 is 3.18. The second-order valence-electron chi connectivity index (χ2n) is 4.14. The maximum Gasteiger partial charge on any atom is 0.242 e. The number of rotatable bonds is 5. The van der Waals surface area contributed by atoms with Gasteiger partial charge in [-0.1, -0.05) is 0 Å². The van der Waals surface area contributed by atoms with Gasteiger partial charge in [0.2, 0.25) is 10.0 Å². The summed E-state index contributed by atoms with van der Waals surface area (Å²) in [6.07, 6.45) is 1.06. The van der Waals surface area contributed by atoms with E-state index in [9.17, 15) is 16.8 Å². The topological polar surface area (TPSA) is 97.5 Å². The maximum absolute atomic E-state index is 12.2. The van der Waals surface area contributed by atoms with Gasteiger partial charge in [-0.3, -0.25) is 0 Å². The third kappa shape index (κ3) is 4.44. The number of nitrogen functional groups attached to an aromatic ring is 1. The molecule has 0 heterocycles. The second-order valence-corrected chi connectivity index (χ2v) is 9.30. The van der Waals surface area contributed by atoms with Crippen molar-refractivity contribution in [3.05, 3.63) is 22.7 Å². The number of hydrogen-bond acceptors (Lipinski definition) is 5. The molecule has 0 bridgehead atoms. The van der Waals surface area contributed by atoms with E-state index in [1.165, 1.54) is 25.2 Å². The molecule has 0 unspecified atom stereocenters. The molecule has 0 spiro atoms. The number of hydrogen-bond donors (Lipinski definition) is 1. The monoisotopic (exact) mass is 370 g/mol. The Labute approximate surface area is 121 Å². The molecule has 0 aliphatic rings. The first kappa shape index (κ1) is 16.4. The summed E-state index contributed by atoms with van der Waals surface area (Å²) in [7, 11) is -5.62. The molecule has 2 N–H and O–H groups in total. The van der Waals surface area contributed by atoms with E-state index in [1.807, 2.05) is 0 Å². The van der Waals surface area contributed by atoms with Crippen LogP contribution in [0.1, 0.15) is 0 Å². The van der Waals surface area contributed by atoms with E-state index in [4.69, 9.17) is 5.73 Å². The number of anilines is 1. The highest BCUT2D eigenvalue weighted by atomic mass is 79.9. The molecule has 0 atom stereocenters. The molecule has 0 radical (unpaired) electrons. The highest BCUT2D eigenvalue weighted by Crippen LogP contribution is 2.24. The summed E-state index contributed by atoms with van der Waals surface area (Å²) in [4.78, 5) is 0.0317. The molecule has 108 valence electrons. The van der Waals surface area contributed by atoms with Crippen molar-refractivity contribution < 1.29 is 16.8 Å². The van der Waals surface area contributed by atoms with E-state index in [2.05, 4.69) is 15.9 Å². The molecule has 0 amide bonds. The van der Waals surface area contributed by atoms with Crippen molar-refractivity contribution in [3.63, 3.8) is 0 Å². The molecule has 0 fully saturated rings. The molecule has 1 rings (SSSR count). The van der Waals surface area contributed by atoms with E-state index in [0.29, 0.717) is 10.2 Å². The number of nitrogens with two attached hydrogens (primary N) is 1. The van der Waals surface area contributed by atoms with Gasteiger partial charge in [-0.25, -0.2) is 16.8 Å². The molecule has 0 aromatic heterocycles. The lowest BCUT2D eigenvalue weighted by molar-refractivity contribution is 0.485. The van der Waals surface area contributed by atoms with E-state index in [0.717, 1.165) is 10.6 Å². The van der Waals surface area contributed by atoms with E-state index < -0.39 is 19.9 Å². The Morgan fingerprint density at radius 1 is 1.26 bits per heavy atom. The Balaban J connectivity index is 3.00. The fourth-order valence-electron chi connectivity index (χ4n) is 1.28. The maximum atomic E-state index is 12.2. The predicted octanol–water partition coefficient (Wildman–Crippen LogP) is 0.696. The molecule has 19 heavy (non-hydrogen) atoms. The second kappa shape index (κ2) is 5.78. The van der Waals surface area contributed by atoms with Crippen molar-refractivity contribution in [2.24, 2.45) is 0 Å². The van der Waals surface area contributed by atoms with Crippen molar-refractivity contribution >= 4 is 41.5 Å². The number of benzene rings is 1. The van der Waals surface area contributed by atoms with E-state index in [1.54, 1.807) is 0 Å². The van der Waals surface area contributed by atoms with Gasteiger partial charge in [-0.05, 0) is 34.1 Å². The fraction of sp³-hybridized carbons (Fsp3) is 0.400. The lowest BCUT2D eigenvalue weighted by atomic mass is 10.3. The van der Waals surface area contributed by atoms with Crippen LogP contribution in [-0.4, -0.2) is 46.7 Å². The predicted molar refractivity (Wildman–Crippen MR) is 78.1 cm³/mol. The Morgan fingerprint density at radius 2 is 1.84 bits per heavy atom. The van der Waals surface area contributed by atoms with Gasteiger partial charge in [0.05, 0.1) is 10.6 Å². The van der Waals surface area contributed by atoms with Crippen LogP contribution >= 0.6 is 15.9 Å². The Hall–Kier alpha value is -0.640. The fourth-order valence-corrected chi connectivity index (χ4v) is 3.45. The quantitative estimate of drug-likeness (QED) is 0.769. The summed E-state index contributed by atoms with van der Waals surface area (Å²) in [6, 6.07) is 4.27. The molecule has 0 aliphatic carbocycles. The van der Waals surface area contributed by atoms with Gasteiger partial charge >= 0.3 is 0 Å². The zero-order valence-corrected chi connectivity index (χ0v) is 13.7. The number of sulfonamides is 1. The molecule has 0 saturated heterocycles. The molecule has 6 nitrogen and oxygen atoms in total. The summed E-state index contributed by atoms with van der Waals surface area (Å²) in [5.41, 5.74) is 5.94. The number of sulfone groups is 1. The molecule has 1 aromatic carbocycles. The van der Waals surface area contributed by atoms with E-state index in [-0.39, 0.29) is 17.2 Å². The normalized spacial score (nSPS) is 12.8. The number of halogens is 1. The first-order valence-corrected chi connectivity index (χ1v) is 9.52. The lowest BCUT2D eigenvalue weighted by Crippen LogP contribution is -2.31. The molecule has 1 aromatic rings. The average molecular weight is 371 g/mol. The smallest absolute Gasteiger partial charge is 0.242 e. The summed E-state index contributed by atoms with van der Waals surface area (Å²) in [5, 5.41) is 0. The van der Waals surface area contributed by atoms with Crippen LogP contribution in [0, 0.1) is 0 Å². The SMILES string of the molecule is CN(CCS(C)(=O)=O)S(=O)(=O)c1ccc(Br)c(N)c1. The third-order valence-corrected chi connectivity index (χ3v) is 5.95. The van der Waals surface area contributed by atoms with Crippen LogP contribution in [0.5, 0.6) is 0 Å². The molecule has 9 heteroatoms. The largest absolute Gasteiger partial charge is 0.398 e. The summed E-state index contributed by atoms with van der Waals surface area (Å²) in [5.74, 6) is -0.227.